The van der Waals surface area contributed by atoms with Gasteiger partial charge >= 0.3 is 11.9 Å². The van der Waals surface area contributed by atoms with Crippen LogP contribution in [0.2, 0.25) is 0 Å². The second-order valence-corrected chi connectivity index (χ2v) is 7.54. The number of aliphatic imine (C=N–C) groups is 1. The molecule has 0 radical (unpaired) electrons. The molecule has 0 bridgehead atoms. The molecule has 0 aliphatic rings. The van der Waals surface area contributed by atoms with Gasteiger partial charge in [0.2, 0.25) is 17.7 Å². The van der Waals surface area contributed by atoms with E-state index in [4.69, 9.17) is 22.3 Å². The Bertz CT molecular complexity index is 733. The Labute approximate surface area is 209 Å². The van der Waals surface area contributed by atoms with Crippen molar-refractivity contribution in [3.63, 3.8) is 0 Å². The van der Waals surface area contributed by atoms with Crippen molar-refractivity contribution < 1.29 is 34.2 Å². The lowest BCUT2D eigenvalue weighted by atomic mass is 10.0. The van der Waals surface area contributed by atoms with Crippen molar-refractivity contribution in [3.8, 4) is 0 Å². The quantitative estimate of drug-likeness (QED) is 0.0726. The first-order valence-electron chi connectivity index (χ1n) is 9.86. The minimum absolute atomic E-state index is 0. The number of nitrogens with two attached hydrogens (primary N) is 3. The van der Waals surface area contributed by atoms with Crippen molar-refractivity contribution in [1.29, 1.82) is 0 Å². The average Bonchev–Trinajstić information content (AvgIpc) is 2.66. The lowest BCUT2D eigenvalue weighted by Crippen LogP contribution is -2.55. The molecule has 0 saturated heterocycles. The summed E-state index contributed by atoms with van der Waals surface area (Å²) in [5, 5.41) is 22.6. The Morgan fingerprint density at radius 2 is 1.59 bits per heavy atom. The van der Waals surface area contributed by atoms with Crippen LogP contribution in [0.25, 0.3) is 0 Å². The van der Waals surface area contributed by atoms with Crippen LogP contribution in [-0.4, -0.2) is 89.0 Å². The van der Waals surface area contributed by atoms with Crippen molar-refractivity contribution in [3.05, 3.63) is 0 Å². The maximum Gasteiger partial charge on any atom is 0.326 e. The maximum absolute atomic E-state index is 12.4. The first-order valence-corrected chi connectivity index (χ1v) is 9.86. The number of hydrogen-bond donors (Lipinski definition) is 7. The molecule has 3 atom stereocenters. The van der Waals surface area contributed by atoms with Gasteiger partial charge in [-0.3, -0.25) is 24.2 Å². The second-order valence-electron chi connectivity index (χ2n) is 7.54. The highest BCUT2D eigenvalue weighted by molar-refractivity contribution is 5.94. The van der Waals surface area contributed by atoms with E-state index in [2.05, 4.69) is 15.6 Å². The Morgan fingerprint density at radius 3 is 2.03 bits per heavy atom. The van der Waals surface area contributed by atoms with E-state index in [1.54, 1.807) is 13.8 Å². The van der Waals surface area contributed by atoms with Crippen molar-refractivity contribution in [1.82, 2.24) is 15.5 Å². The van der Waals surface area contributed by atoms with Gasteiger partial charge in [-0.1, -0.05) is 13.8 Å². The fourth-order valence-electron chi connectivity index (χ4n) is 2.61. The van der Waals surface area contributed by atoms with Crippen molar-refractivity contribution in [2.24, 2.45) is 28.1 Å². The van der Waals surface area contributed by atoms with Gasteiger partial charge in [-0.25, -0.2) is 4.79 Å². The molecular formula is C18H35Cl2N7O7. The molecule has 0 aromatic heterocycles. The predicted molar refractivity (Wildman–Crippen MR) is 129 cm³/mol. The van der Waals surface area contributed by atoms with E-state index in [1.165, 1.54) is 7.05 Å². The van der Waals surface area contributed by atoms with E-state index in [1.807, 2.05) is 0 Å². The molecule has 16 heteroatoms. The molecule has 0 aromatic rings. The molecule has 3 amide bonds. The van der Waals surface area contributed by atoms with E-state index >= 15 is 0 Å². The van der Waals surface area contributed by atoms with Gasteiger partial charge in [0, 0.05) is 13.6 Å². The summed E-state index contributed by atoms with van der Waals surface area (Å²) in [5.74, 6) is -5.56. The monoisotopic (exact) mass is 531 g/mol. The number of carboxylic acid groups (broad SMARTS) is 2. The smallest absolute Gasteiger partial charge is 0.326 e. The van der Waals surface area contributed by atoms with Crippen LogP contribution < -0.4 is 27.8 Å². The van der Waals surface area contributed by atoms with E-state index in [0.29, 0.717) is 6.42 Å². The average molecular weight is 532 g/mol. The third kappa shape index (κ3) is 14.3. The molecule has 10 N–H and O–H groups in total. The number of guanidine groups is 1. The molecule has 198 valence electrons. The Hall–Kier alpha value is -2.84. The molecule has 34 heavy (non-hydrogen) atoms. The lowest BCUT2D eigenvalue weighted by molar-refractivity contribution is -0.144. The molecule has 0 aromatic carbocycles. The van der Waals surface area contributed by atoms with Crippen LogP contribution in [0.3, 0.4) is 0 Å². The Kier molecular flexibility index (Phi) is 18.5. The summed E-state index contributed by atoms with van der Waals surface area (Å²) in [6, 6.07) is -3.71. The fraction of sp³-hybridized carbons (Fsp3) is 0.667. The summed E-state index contributed by atoms with van der Waals surface area (Å²) in [5.41, 5.74) is 16.2. The lowest BCUT2D eigenvalue weighted by Gasteiger charge is -2.24. The summed E-state index contributed by atoms with van der Waals surface area (Å²) in [6.07, 6.45) is -0.0757. The standard InChI is InChI=1S/C18H33N7O7.2ClH/c1-9(2)14(17(31)32)24-15(29)11(7-13(27)28)23-12(26)8-25(3)16(30)10(19)5-4-6-22-18(20)21;;/h9-11,14H,4-8,19H2,1-3H3,(H,23,26)(H,24,29)(H,27,28)(H,31,32)(H4,20,21,22);2*1H/t10-,11-,14-;;/m0../s1. The molecule has 0 fully saturated rings. The largest absolute Gasteiger partial charge is 0.481 e. The van der Waals surface area contributed by atoms with E-state index in [9.17, 15) is 29.1 Å². The van der Waals surface area contributed by atoms with Gasteiger partial charge in [-0.05, 0) is 18.8 Å². The van der Waals surface area contributed by atoms with Crippen LogP contribution in [0.5, 0.6) is 0 Å². The van der Waals surface area contributed by atoms with E-state index < -0.39 is 66.7 Å². The number of nitrogens with one attached hydrogen (secondary N) is 2. The zero-order valence-electron chi connectivity index (χ0n) is 19.2. The molecule has 14 nitrogen and oxygen atoms in total. The number of carboxylic acids is 2. The summed E-state index contributed by atoms with van der Waals surface area (Å²) in [4.78, 5) is 64.1. The van der Waals surface area contributed by atoms with Crippen LogP contribution in [-0.2, 0) is 24.0 Å². The van der Waals surface area contributed by atoms with Crippen molar-refractivity contribution in [2.75, 3.05) is 20.1 Å². The van der Waals surface area contributed by atoms with E-state index in [0.717, 1.165) is 4.90 Å². The minimum Gasteiger partial charge on any atom is -0.481 e. The van der Waals surface area contributed by atoms with Gasteiger partial charge in [0.1, 0.15) is 12.1 Å². The van der Waals surface area contributed by atoms with Gasteiger partial charge in [0.15, 0.2) is 5.96 Å². The number of amides is 3. The predicted octanol–water partition coefficient (Wildman–Crippen LogP) is -2.15. The van der Waals surface area contributed by atoms with E-state index in [-0.39, 0.29) is 43.7 Å². The Balaban J connectivity index is -0.00000480. The topological polar surface area (TPSA) is 244 Å². The highest BCUT2D eigenvalue weighted by Crippen LogP contribution is 2.04. The molecule has 0 saturated carbocycles. The third-order valence-corrected chi connectivity index (χ3v) is 4.30. The maximum atomic E-state index is 12.4. The summed E-state index contributed by atoms with van der Waals surface area (Å²) in [7, 11) is 1.32. The molecule has 0 rings (SSSR count). The van der Waals surface area contributed by atoms with Crippen molar-refractivity contribution in [2.45, 2.75) is 51.2 Å². The number of nitrogens with zero attached hydrogens (tertiary/aromatic N) is 2. The highest BCUT2D eigenvalue weighted by Gasteiger charge is 2.30. The van der Waals surface area contributed by atoms with Crippen molar-refractivity contribution >= 4 is 60.4 Å². The summed E-state index contributed by atoms with van der Waals surface area (Å²) >= 11 is 0. The molecule has 0 spiro atoms. The number of carbonyl (C=O) groups excluding carboxylic acids is 3. The number of hydrogen-bond acceptors (Lipinski definition) is 7. The van der Waals surface area contributed by atoms with Gasteiger partial charge in [-0.15, -0.1) is 24.8 Å². The zero-order valence-corrected chi connectivity index (χ0v) is 20.9. The van der Waals surface area contributed by atoms with Gasteiger partial charge < -0.3 is 42.9 Å². The Morgan fingerprint density at radius 1 is 1.03 bits per heavy atom. The first-order chi connectivity index (χ1) is 14.8. The number of carbonyl (C=O) groups is 5. The van der Waals surface area contributed by atoms with Crippen LogP contribution in [0.1, 0.15) is 33.1 Å². The summed E-state index contributed by atoms with van der Waals surface area (Å²) < 4.78 is 0. The number of aliphatic carboxylic acids is 2. The molecule has 0 aliphatic carbocycles. The summed E-state index contributed by atoms with van der Waals surface area (Å²) in [6.45, 7) is 2.92. The van der Waals surface area contributed by atoms with Gasteiger partial charge in [0.05, 0.1) is 19.0 Å². The molecule has 0 heterocycles. The zero-order chi connectivity index (χ0) is 25.0. The second kappa shape index (κ2) is 17.6. The highest BCUT2D eigenvalue weighted by atomic mass is 35.5. The SMILES string of the molecule is CC(C)[C@H](NC(=O)[C@H](CC(=O)O)NC(=O)CN(C)C(=O)[C@@H](N)CCCN=C(N)N)C(=O)O.Cl.Cl. The first kappa shape index (κ1) is 35.7. The van der Waals surface area contributed by atoms with Crippen LogP contribution in [0, 0.1) is 5.92 Å². The van der Waals surface area contributed by atoms with Crippen LogP contribution in [0.15, 0.2) is 4.99 Å². The normalized spacial score (nSPS) is 12.6. The van der Waals surface area contributed by atoms with Gasteiger partial charge in [-0.2, -0.15) is 0 Å². The van der Waals surface area contributed by atoms with Crippen LogP contribution >= 0.6 is 24.8 Å². The van der Waals surface area contributed by atoms with Crippen LogP contribution in [0.4, 0.5) is 0 Å². The molecule has 0 unspecified atom stereocenters. The van der Waals surface area contributed by atoms with Gasteiger partial charge in [0.25, 0.3) is 0 Å². The third-order valence-electron chi connectivity index (χ3n) is 4.30. The number of rotatable bonds is 14. The molecule has 0 aliphatic heterocycles. The minimum atomic E-state index is -1.53. The molecular weight excluding hydrogens is 497 g/mol. The number of halogens is 2. The number of likely N-dealkylation sites (N-methyl/N-ethyl adjacent to an activating group) is 1. The fourth-order valence-corrected chi connectivity index (χ4v) is 2.61.